The molecular formula is C12H19N3OS. The molecule has 1 aromatic rings. The zero-order chi connectivity index (χ0) is 12.1. The van der Waals surface area contributed by atoms with Crippen molar-refractivity contribution in [2.75, 3.05) is 13.1 Å². The van der Waals surface area contributed by atoms with Gasteiger partial charge in [0.25, 0.3) is 0 Å². The van der Waals surface area contributed by atoms with Crippen molar-refractivity contribution in [2.45, 2.75) is 32.2 Å². The SMILES string of the molecule is CC1CCNC(C(=O)NCCc2nccs2)C1. The molecule has 2 rings (SSSR count). The lowest BCUT2D eigenvalue weighted by molar-refractivity contribution is -0.123. The molecule has 0 aromatic carbocycles. The van der Waals surface area contributed by atoms with Crippen molar-refractivity contribution in [3.8, 4) is 0 Å². The van der Waals surface area contributed by atoms with E-state index in [-0.39, 0.29) is 11.9 Å². The normalized spacial score (nSPS) is 24.5. The Morgan fingerprint density at radius 3 is 3.29 bits per heavy atom. The third-order valence-electron chi connectivity index (χ3n) is 3.10. The number of carbonyl (C=O) groups excluding carboxylic acids is 1. The monoisotopic (exact) mass is 253 g/mol. The summed E-state index contributed by atoms with van der Waals surface area (Å²) in [6.45, 7) is 3.83. The molecule has 2 N–H and O–H groups in total. The van der Waals surface area contributed by atoms with Gasteiger partial charge in [-0.2, -0.15) is 0 Å². The number of nitrogens with one attached hydrogen (secondary N) is 2. The summed E-state index contributed by atoms with van der Waals surface area (Å²) in [5.41, 5.74) is 0. The van der Waals surface area contributed by atoms with E-state index in [1.807, 2.05) is 5.38 Å². The highest BCUT2D eigenvalue weighted by molar-refractivity contribution is 7.09. The fourth-order valence-corrected chi connectivity index (χ4v) is 2.72. The smallest absolute Gasteiger partial charge is 0.237 e. The summed E-state index contributed by atoms with van der Waals surface area (Å²) < 4.78 is 0. The summed E-state index contributed by atoms with van der Waals surface area (Å²) in [5, 5.41) is 9.28. The Bertz CT molecular complexity index is 353. The molecule has 4 nitrogen and oxygen atoms in total. The molecule has 0 aliphatic carbocycles. The van der Waals surface area contributed by atoms with Gasteiger partial charge in [0.05, 0.1) is 11.0 Å². The van der Waals surface area contributed by atoms with Crippen molar-refractivity contribution in [2.24, 2.45) is 5.92 Å². The van der Waals surface area contributed by atoms with Crippen LogP contribution in [0.15, 0.2) is 11.6 Å². The summed E-state index contributed by atoms with van der Waals surface area (Å²) in [5.74, 6) is 0.777. The van der Waals surface area contributed by atoms with Gasteiger partial charge >= 0.3 is 0 Å². The average Bonchev–Trinajstić information content (AvgIpc) is 2.82. The van der Waals surface area contributed by atoms with Crippen molar-refractivity contribution in [1.82, 2.24) is 15.6 Å². The molecule has 1 aromatic heterocycles. The third-order valence-corrected chi connectivity index (χ3v) is 3.94. The van der Waals surface area contributed by atoms with Gasteiger partial charge in [-0.3, -0.25) is 4.79 Å². The summed E-state index contributed by atoms with van der Waals surface area (Å²) in [6.07, 6.45) is 4.74. The van der Waals surface area contributed by atoms with Crippen LogP contribution >= 0.6 is 11.3 Å². The maximum absolute atomic E-state index is 11.9. The molecule has 1 saturated heterocycles. The molecular weight excluding hydrogens is 234 g/mol. The Hall–Kier alpha value is -0.940. The van der Waals surface area contributed by atoms with Gasteiger partial charge in [-0.1, -0.05) is 6.92 Å². The van der Waals surface area contributed by atoms with Gasteiger partial charge in [0.2, 0.25) is 5.91 Å². The lowest BCUT2D eigenvalue weighted by atomic mass is 9.94. The van der Waals surface area contributed by atoms with E-state index in [4.69, 9.17) is 0 Å². The molecule has 1 fully saturated rings. The molecule has 0 radical (unpaired) electrons. The van der Waals surface area contributed by atoms with Crippen molar-refractivity contribution in [3.05, 3.63) is 16.6 Å². The summed E-state index contributed by atoms with van der Waals surface area (Å²) in [6, 6.07) is -0.00459. The molecule has 0 spiro atoms. The number of amides is 1. The number of nitrogens with zero attached hydrogens (tertiary/aromatic N) is 1. The van der Waals surface area contributed by atoms with Gasteiger partial charge in [-0.15, -0.1) is 11.3 Å². The van der Waals surface area contributed by atoms with Crippen LogP contribution in [-0.2, 0) is 11.2 Å². The highest BCUT2D eigenvalue weighted by Gasteiger charge is 2.23. The van der Waals surface area contributed by atoms with E-state index in [2.05, 4.69) is 22.5 Å². The van der Waals surface area contributed by atoms with E-state index >= 15 is 0 Å². The summed E-state index contributed by atoms with van der Waals surface area (Å²) in [7, 11) is 0. The lowest BCUT2D eigenvalue weighted by Gasteiger charge is -2.27. The number of piperidine rings is 1. The molecule has 5 heteroatoms. The van der Waals surface area contributed by atoms with Gasteiger partial charge in [-0.25, -0.2) is 4.98 Å². The van der Waals surface area contributed by atoms with Crippen LogP contribution in [0.3, 0.4) is 0 Å². The highest BCUT2D eigenvalue weighted by Crippen LogP contribution is 2.14. The van der Waals surface area contributed by atoms with E-state index in [1.165, 1.54) is 6.42 Å². The first-order chi connectivity index (χ1) is 8.25. The van der Waals surface area contributed by atoms with Crippen LogP contribution in [0.5, 0.6) is 0 Å². The minimum Gasteiger partial charge on any atom is -0.354 e. The zero-order valence-corrected chi connectivity index (χ0v) is 10.9. The number of hydrogen-bond donors (Lipinski definition) is 2. The first kappa shape index (κ1) is 12.5. The Morgan fingerprint density at radius 2 is 2.59 bits per heavy atom. The largest absolute Gasteiger partial charge is 0.354 e. The quantitative estimate of drug-likeness (QED) is 0.847. The molecule has 2 heterocycles. The van der Waals surface area contributed by atoms with E-state index < -0.39 is 0 Å². The van der Waals surface area contributed by atoms with Crippen molar-refractivity contribution in [3.63, 3.8) is 0 Å². The van der Waals surface area contributed by atoms with Crippen LogP contribution in [0.2, 0.25) is 0 Å². The van der Waals surface area contributed by atoms with E-state index in [0.29, 0.717) is 12.5 Å². The number of carbonyl (C=O) groups is 1. The van der Waals surface area contributed by atoms with Crippen LogP contribution in [0.1, 0.15) is 24.8 Å². The summed E-state index contributed by atoms with van der Waals surface area (Å²) >= 11 is 1.63. The topological polar surface area (TPSA) is 54.0 Å². The van der Waals surface area contributed by atoms with Crippen LogP contribution < -0.4 is 10.6 Å². The first-order valence-corrected chi connectivity index (χ1v) is 7.03. The Morgan fingerprint density at radius 1 is 1.71 bits per heavy atom. The first-order valence-electron chi connectivity index (χ1n) is 6.15. The van der Waals surface area contributed by atoms with E-state index in [1.54, 1.807) is 17.5 Å². The second kappa shape index (κ2) is 6.12. The molecule has 2 unspecified atom stereocenters. The standard InChI is InChI=1S/C12H19N3OS/c1-9-2-4-13-10(8-9)12(16)15-5-3-11-14-6-7-17-11/h6-7,9-10,13H,2-5,8H2,1H3,(H,15,16). The number of thiazole rings is 1. The van der Waals surface area contributed by atoms with E-state index in [9.17, 15) is 4.79 Å². The Balaban J connectivity index is 1.70. The molecule has 1 aliphatic heterocycles. The fourth-order valence-electron chi connectivity index (χ4n) is 2.10. The van der Waals surface area contributed by atoms with Crippen molar-refractivity contribution >= 4 is 17.2 Å². The van der Waals surface area contributed by atoms with Gasteiger partial charge in [0.15, 0.2) is 0 Å². The van der Waals surface area contributed by atoms with Crippen molar-refractivity contribution in [1.29, 1.82) is 0 Å². The van der Waals surface area contributed by atoms with Crippen LogP contribution in [0.4, 0.5) is 0 Å². The lowest BCUT2D eigenvalue weighted by Crippen LogP contribution is -2.48. The second-order valence-corrected chi connectivity index (χ2v) is 5.58. The molecule has 17 heavy (non-hydrogen) atoms. The molecule has 1 aliphatic rings. The molecule has 94 valence electrons. The Kier molecular flexibility index (Phi) is 4.50. The Labute approximate surface area is 106 Å². The average molecular weight is 253 g/mol. The van der Waals surface area contributed by atoms with Crippen LogP contribution in [-0.4, -0.2) is 30.0 Å². The number of rotatable bonds is 4. The van der Waals surface area contributed by atoms with E-state index in [0.717, 1.165) is 24.4 Å². The minimum absolute atomic E-state index is 0.00459. The van der Waals surface area contributed by atoms with Gasteiger partial charge < -0.3 is 10.6 Å². The second-order valence-electron chi connectivity index (χ2n) is 4.60. The maximum Gasteiger partial charge on any atom is 0.237 e. The van der Waals surface area contributed by atoms with Crippen LogP contribution in [0, 0.1) is 5.92 Å². The molecule has 0 saturated carbocycles. The minimum atomic E-state index is -0.00459. The predicted octanol–water partition coefficient (Wildman–Crippen LogP) is 1.19. The van der Waals surface area contributed by atoms with Crippen molar-refractivity contribution < 1.29 is 4.79 Å². The molecule has 0 bridgehead atoms. The predicted molar refractivity (Wildman–Crippen MR) is 69.0 cm³/mol. The van der Waals surface area contributed by atoms with Gasteiger partial charge in [-0.05, 0) is 25.3 Å². The van der Waals surface area contributed by atoms with Gasteiger partial charge in [0, 0.05) is 24.5 Å². The maximum atomic E-state index is 11.9. The number of hydrogen-bond acceptors (Lipinski definition) is 4. The highest BCUT2D eigenvalue weighted by atomic mass is 32.1. The number of aromatic nitrogens is 1. The zero-order valence-electron chi connectivity index (χ0n) is 10.1. The third kappa shape index (κ3) is 3.78. The summed E-state index contributed by atoms with van der Waals surface area (Å²) in [4.78, 5) is 16.1. The molecule has 2 atom stereocenters. The van der Waals surface area contributed by atoms with Gasteiger partial charge in [0.1, 0.15) is 0 Å². The van der Waals surface area contributed by atoms with Crippen LogP contribution in [0.25, 0.3) is 0 Å². The molecule has 1 amide bonds. The fraction of sp³-hybridized carbons (Fsp3) is 0.667.